The van der Waals surface area contributed by atoms with E-state index >= 15 is 0 Å². The zero-order valence-corrected chi connectivity index (χ0v) is 14.7. The van der Waals surface area contributed by atoms with Gasteiger partial charge in [0, 0.05) is 43.8 Å². The highest BCUT2D eigenvalue weighted by molar-refractivity contribution is 7.80. The van der Waals surface area contributed by atoms with Crippen LogP contribution in [0.4, 0.5) is 5.69 Å². The lowest BCUT2D eigenvalue weighted by atomic mass is 10.2. The Kier molecular flexibility index (Phi) is 7.38. The van der Waals surface area contributed by atoms with Crippen molar-refractivity contribution in [2.45, 2.75) is 6.42 Å². The second kappa shape index (κ2) is 9.75. The molecule has 11 heteroatoms. The summed E-state index contributed by atoms with van der Waals surface area (Å²) >= 11 is 4.92. The first-order valence-electron chi connectivity index (χ1n) is 7.90. The minimum Gasteiger partial charge on any atom is -0.379 e. The van der Waals surface area contributed by atoms with E-state index in [0.29, 0.717) is 19.8 Å². The van der Waals surface area contributed by atoms with Crippen molar-refractivity contribution >= 4 is 34.8 Å². The number of thiocarbonyl (C=S) groups is 1. The molecule has 0 radical (unpaired) electrons. The number of nitrogens with zero attached hydrogens (tertiary/aromatic N) is 2. The van der Waals surface area contributed by atoms with Gasteiger partial charge in [0.2, 0.25) is 5.91 Å². The summed E-state index contributed by atoms with van der Waals surface area (Å²) in [6, 6.07) is 5.24. The van der Waals surface area contributed by atoms with E-state index in [9.17, 15) is 19.7 Å². The van der Waals surface area contributed by atoms with Crippen molar-refractivity contribution < 1.29 is 19.2 Å². The van der Waals surface area contributed by atoms with Crippen molar-refractivity contribution in [3.63, 3.8) is 0 Å². The third-order valence-corrected chi connectivity index (χ3v) is 3.82. The molecule has 0 aromatic heterocycles. The number of nitro benzene ring substituents is 1. The SMILES string of the molecule is O=C(CCN1CCOCC1)NNC(=S)NC(=O)c1cccc([N+](=O)[O-])c1. The molecular weight excluding hydrogens is 362 g/mol. The number of nitrogens with one attached hydrogen (secondary N) is 3. The Morgan fingerprint density at radius 2 is 2.00 bits per heavy atom. The lowest BCUT2D eigenvalue weighted by Crippen LogP contribution is -2.49. The Balaban J connectivity index is 1.72. The third kappa shape index (κ3) is 6.35. The molecule has 0 bridgehead atoms. The second-order valence-electron chi connectivity index (χ2n) is 5.47. The van der Waals surface area contributed by atoms with Gasteiger partial charge in [0.05, 0.1) is 18.1 Å². The number of hydrogen-bond acceptors (Lipinski definition) is 7. The molecule has 1 aliphatic rings. The Labute approximate surface area is 155 Å². The maximum absolute atomic E-state index is 12.0. The van der Waals surface area contributed by atoms with Crippen LogP contribution >= 0.6 is 12.2 Å². The van der Waals surface area contributed by atoms with Gasteiger partial charge in [-0.15, -0.1) is 0 Å². The molecule has 2 amide bonds. The van der Waals surface area contributed by atoms with E-state index < -0.39 is 10.8 Å². The quantitative estimate of drug-likeness (QED) is 0.368. The van der Waals surface area contributed by atoms with Gasteiger partial charge in [-0.2, -0.15) is 0 Å². The molecule has 3 N–H and O–H groups in total. The highest BCUT2D eigenvalue weighted by Gasteiger charge is 2.14. The molecule has 1 aromatic carbocycles. The maximum atomic E-state index is 12.0. The third-order valence-electron chi connectivity index (χ3n) is 3.62. The molecule has 140 valence electrons. The van der Waals surface area contributed by atoms with Crippen molar-refractivity contribution in [2.75, 3.05) is 32.8 Å². The summed E-state index contributed by atoms with van der Waals surface area (Å²) < 4.78 is 5.23. The second-order valence-corrected chi connectivity index (χ2v) is 5.88. The number of benzene rings is 1. The van der Waals surface area contributed by atoms with Gasteiger partial charge in [0.1, 0.15) is 0 Å². The molecular formula is C15H19N5O5S. The smallest absolute Gasteiger partial charge is 0.270 e. The van der Waals surface area contributed by atoms with Crippen LogP contribution in [0.5, 0.6) is 0 Å². The number of nitro groups is 1. The standard InChI is InChI=1S/C15H19N5O5S/c21-13(4-5-19-6-8-25-9-7-19)17-18-15(26)16-14(22)11-2-1-3-12(10-11)20(23)24/h1-3,10H,4-9H2,(H,17,21)(H2,16,18,22,26). The maximum Gasteiger partial charge on any atom is 0.270 e. The fourth-order valence-electron chi connectivity index (χ4n) is 2.24. The Bertz CT molecular complexity index is 693. The van der Waals surface area contributed by atoms with Crippen LogP contribution in [-0.4, -0.2) is 59.6 Å². The monoisotopic (exact) mass is 381 g/mol. The lowest BCUT2D eigenvalue weighted by Gasteiger charge is -2.26. The normalized spacial score (nSPS) is 14.3. The predicted molar refractivity (Wildman–Crippen MR) is 96.3 cm³/mol. The van der Waals surface area contributed by atoms with Crippen molar-refractivity contribution in [3.05, 3.63) is 39.9 Å². The molecule has 2 rings (SSSR count). The average molecular weight is 381 g/mol. The minimum atomic E-state index is -0.617. The molecule has 1 heterocycles. The molecule has 0 aliphatic carbocycles. The van der Waals surface area contributed by atoms with Crippen LogP contribution in [0.25, 0.3) is 0 Å². The summed E-state index contributed by atoms with van der Waals surface area (Å²) in [5.74, 6) is -0.891. The van der Waals surface area contributed by atoms with Gasteiger partial charge in [-0.05, 0) is 18.3 Å². The van der Waals surface area contributed by atoms with E-state index in [1.807, 2.05) is 0 Å². The Morgan fingerprint density at radius 1 is 1.27 bits per heavy atom. The van der Waals surface area contributed by atoms with Crippen molar-refractivity contribution in [1.82, 2.24) is 21.1 Å². The molecule has 26 heavy (non-hydrogen) atoms. The average Bonchev–Trinajstić information content (AvgIpc) is 2.65. The van der Waals surface area contributed by atoms with E-state index in [1.54, 1.807) is 0 Å². The summed E-state index contributed by atoms with van der Waals surface area (Å²) in [5, 5.41) is 13.0. The first kappa shape index (κ1) is 19.7. The number of carbonyl (C=O) groups is 2. The van der Waals surface area contributed by atoms with Crippen LogP contribution in [0.15, 0.2) is 24.3 Å². The summed E-state index contributed by atoms with van der Waals surface area (Å²) in [7, 11) is 0. The van der Waals surface area contributed by atoms with Crippen LogP contribution in [0.2, 0.25) is 0 Å². The lowest BCUT2D eigenvalue weighted by molar-refractivity contribution is -0.384. The van der Waals surface area contributed by atoms with Gasteiger partial charge in [-0.3, -0.25) is 40.8 Å². The number of rotatable bonds is 5. The van der Waals surface area contributed by atoms with Crippen molar-refractivity contribution in [2.24, 2.45) is 0 Å². The summed E-state index contributed by atoms with van der Waals surface area (Å²) in [6.07, 6.45) is 0.272. The zero-order chi connectivity index (χ0) is 18.9. The molecule has 10 nitrogen and oxygen atoms in total. The van der Waals surface area contributed by atoms with E-state index in [2.05, 4.69) is 21.1 Å². The molecule has 0 spiro atoms. The number of amides is 2. The van der Waals surface area contributed by atoms with Crippen LogP contribution < -0.4 is 16.2 Å². The molecule has 1 fully saturated rings. The molecule has 1 aliphatic heterocycles. The molecule has 0 saturated carbocycles. The highest BCUT2D eigenvalue weighted by atomic mass is 32.1. The first-order chi connectivity index (χ1) is 12.5. The van der Waals surface area contributed by atoms with Gasteiger partial charge in [-0.25, -0.2) is 0 Å². The van der Waals surface area contributed by atoms with Gasteiger partial charge in [-0.1, -0.05) is 6.07 Å². The number of carbonyl (C=O) groups excluding carboxylic acids is 2. The van der Waals surface area contributed by atoms with Gasteiger partial charge in [0.25, 0.3) is 11.6 Å². The summed E-state index contributed by atoms with van der Waals surface area (Å²) in [4.78, 5) is 36.1. The number of hydrogen-bond donors (Lipinski definition) is 3. The minimum absolute atomic E-state index is 0.0852. The first-order valence-corrected chi connectivity index (χ1v) is 8.31. The van der Waals surface area contributed by atoms with Crippen LogP contribution in [0.3, 0.4) is 0 Å². The van der Waals surface area contributed by atoms with Crippen molar-refractivity contribution in [3.8, 4) is 0 Å². The van der Waals surface area contributed by atoms with E-state index in [-0.39, 0.29) is 28.7 Å². The fourth-order valence-corrected chi connectivity index (χ4v) is 2.38. The molecule has 0 atom stereocenters. The Hall–Kier alpha value is -2.63. The van der Waals surface area contributed by atoms with Crippen LogP contribution in [-0.2, 0) is 9.53 Å². The van der Waals surface area contributed by atoms with Crippen LogP contribution in [0.1, 0.15) is 16.8 Å². The predicted octanol–water partition coefficient (Wildman–Crippen LogP) is -0.0474. The topological polar surface area (TPSA) is 126 Å². The largest absolute Gasteiger partial charge is 0.379 e. The van der Waals surface area contributed by atoms with E-state index in [4.69, 9.17) is 17.0 Å². The van der Waals surface area contributed by atoms with Crippen LogP contribution in [0, 0.1) is 10.1 Å². The number of ether oxygens (including phenoxy) is 1. The molecule has 1 aromatic rings. The van der Waals surface area contributed by atoms with Gasteiger partial charge in [0.15, 0.2) is 5.11 Å². The van der Waals surface area contributed by atoms with E-state index in [0.717, 1.165) is 19.2 Å². The summed E-state index contributed by atoms with van der Waals surface area (Å²) in [6.45, 7) is 3.50. The van der Waals surface area contributed by atoms with Gasteiger partial charge < -0.3 is 4.74 Å². The number of morpholine rings is 1. The number of hydrazine groups is 1. The molecule has 1 saturated heterocycles. The van der Waals surface area contributed by atoms with Gasteiger partial charge >= 0.3 is 0 Å². The zero-order valence-electron chi connectivity index (χ0n) is 13.9. The van der Waals surface area contributed by atoms with E-state index in [1.165, 1.54) is 18.2 Å². The highest BCUT2D eigenvalue weighted by Crippen LogP contribution is 2.12. The fraction of sp³-hybridized carbons (Fsp3) is 0.400. The summed E-state index contributed by atoms with van der Waals surface area (Å²) in [5.41, 5.74) is 4.71. The van der Waals surface area contributed by atoms with Crippen molar-refractivity contribution in [1.29, 1.82) is 0 Å². The Morgan fingerprint density at radius 3 is 2.69 bits per heavy atom. The number of non-ortho nitro benzene ring substituents is 1. The molecule has 0 unspecified atom stereocenters.